The Morgan fingerprint density at radius 1 is 1.17 bits per heavy atom. The normalized spacial score (nSPS) is 10.3. The van der Waals surface area contributed by atoms with Gasteiger partial charge in [0, 0.05) is 5.56 Å². The van der Waals surface area contributed by atoms with Gasteiger partial charge in [-0.2, -0.15) is 0 Å². The lowest BCUT2D eigenvalue weighted by atomic mass is 10.1. The summed E-state index contributed by atoms with van der Waals surface area (Å²) in [6.07, 6.45) is 0. The van der Waals surface area contributed by atoms with Gasteiger partial charge in [0.05, 0.1) is 23.7 Å². The van der Waals surface area contributed by atoms with E-state index in [9.17, 15) is 18.4 Å². The second-order valence-electron chi connectivity index (χ2n) is 4.55. The van der Waals surface area contributed by atoms with Crippen molar-refractivity contribution in [1.29, 1.82) is 0 Å². The number of carbonyl (C=O) groups is 2. The van der Waals surface area contributed by atoms with E-state index in [0.717, 1.165) is 18.2 Å². The third kappa shape index (κ3) is 3.92. The number of ketones is 1. The van der Waals surface area contributed by atoms with Gasteiger partial charge in [-0.1, -0.05) is 6.07 Å². The number of hydrogen-bond acceptors (Lipinski definition) is 3. The summed E-state index contributed by atoms with van der Waals surface area (Å²) in [5.41, 5.74) is -0.409. The summed E-state index contributed by atoms with van der Waals surface area (Å²) in [5.74, 6) is -2.88. The SMILES string of the molecule is COc1cc(C(=O)NCC(=O)c2c(F)cccc2F)ccc1Br. The summed E-state index contributed by atoms with van der Waals surface area (Å²) in [6, 6.07) is 7.75. The lowest BCUT2D eigenvalue weighted by molar-refractivity contribution is 0.0900. The van der Waals surface area contributed by atoms with Crippen LogP contribution in [0.1, 0.15) is 20.7 Å². The van der Waals surface area contributed by atoms with Crippen LogP contribution in [0.3, 0.4) is 0 Å². The molecule has 120 valence electrons. The Kier molecular flexibility index (Phi) is 5.44. The summed E-state index contributed by atoms with van der Waals surface area (Å²) in [7, 11) is 1.45. The third-order valence-electron chi connectivity index (χ3n) is 3.06. The Hall–Kier alpha value is -2.28. The lowest BCUT2D eigenvalue weighted by Crippen LogP contribution is -2.30. The van der Waals surface area contributed by atoms with E-state index in [1.54, 1.807) is 6.07 Å². The smallest absolute Gasteiger partial charge is 0.251 e. The number of methoxy groups -OCH3 is 1. The lowest BCUT2D eigenvalue weighted by Gasteiger charge is -2.08. The van der Waals surface area contributed by atoms with Crippen molar-refractivity contribution in [3.8, 4) is 5.75 Å². The summed E-state index contributed by atoms with van der Waals surface area (Å²) in [6.45, 7) is -0.519. The van der Waals surface area contributed by atoms with Gasteiger partial charge in [0.2, 0.25) is 0 Å². The van der Waals surface area contributed by atoms with Crippen LogP contribution in [0, 0.1) is 11.6 Å². The number of amides is 1. The molecule has 0 unspecified atom stereocenters. The van der Waals surface area contributed by atoms with Crippen molar-refractivity contribution in [1.82, 2.24) is 5.32 Å². The minimum absolute atomic E-state index is 0.256. The van der Waals surface area contributed by atoms with E-state index in [1.807, 2.05) is 0 Å². The maximum Gasteiger partial charge on any atom is 0.251 e. The molecule has 0 aromatic heterocycles. The van der Waals surface area contributed by atoms with Gasteiger partial charge < -0.3 is 10.1 Å². The highest BCUT2D eigenvalue weighted by atomic mass is 79.9. The number of carbonyl (C=O) groups excluding carboxylic acids is 2. The van der Waals surface area contributed by atoms with E-state index >= 15 is 0 Å². The van der Waals surface area contributed by atoms with Crippen molar-refractivity contribution in [2.75, 3.05) is 13.7 Å². The maximum absolute atomic E-state index is 13.5. The van der Waals surface area contributed by atoms with Crippen LogP contribution in [-0.4, -0.2) is 25.3 Å². The van der Waals surface area contributed by atoms with E-state index in [4.69, 9.17) is 4.74 Å². The highest BCUT2D eigenvalue weighted by Crippen LogP contribution is 2.25. The van der Waals surface area contributed by atoms with Crippen molar-refractivity contribution >= 4 is 27.6 Å². The van der Waals surface area contributed by atoms with Gasteiger partial charge in [0.25, 0.3) is 5.91 Å². The van der Waals surface area contributed by atoms with Crippen LogP contribution in [0.5, 0.6) is 5.75 Å². The first-order valence-electron chi connectivity index (χ1n) is 6.53. The van der Waals surface area contributed by atoms with Crippen LogP contribution in [0.25, 0.3) is 0 Å². The molecule has 1 amide bonds. The summed E-state index contributed by atoms with van der Waals surface area (Å²) >= 11 is 3.25. The van der Waals surface area contributed by atoms with Crippen molar-refractivity contribution in [3.63, 3.8) is 0 Å². The molecule has 2 aromatic rings. The quantitative estimate of drug-likeness (QED) is 0.805. The van der Waals surface area contributed by atoms with Gasteiger partial charge >= 0.3 is 0 Å². The molecule has 7 heteroatoms. The van der Waals surface area contributed by atoms with Crippen LogP contribution in [0.4, 0.5) is 8.78 Å². The fourth-order valence-electron chi connectivity index (χ4n) is 1.92. The van der Waals surface area contributed by atoms with Crippen molar-refractivity contribution in [2.45, 2.75) is 0 Å². The van der Waals surface area contributed by atoms with Crippen LogP contribution in [0.15, 0.2) is 40.9 Å². The zero-order valence-electron chi connectivity index (χ0n) is 12.0. The van der Waals surface area contributed by atoms with Crippen molar-refractivity contribution < 1.29 is 23.1 Å². The zero-order chi connectivity index (χ0) is 17.0. The molecular weight excluding hydrogens is 372 g/mol. The first-order chi connectivity index (χ1) is 10.9. The molecule has 0 fully saturated rings. The first-order valence-corrected chi connectivity index (χ1v) is 7.32. The van der Waals surface area contributed by atoms with E-state index in [1.165, 1.54) is 19.2 Å². The molecule has 0 saturated carbocycles. The van der Waals surface area contributed by atoms with E-state index in [0.29, 0.717) is 10.2 Å². The summed E-state index contributed by atoms with van der Waals surface area (Å²) in [4.78, 5) is 23.9. The molecule has 2 aromatic carbocycles. The van der Waals surface area contributed by atoms with Gasteiger partial charge in [-0.3, -0.25) is 9.59 Å². The second kappa shape index (κ2) is 7.32. The maximum atomic E-state index is 13.5. The molecule has 2 rings (SSSR count). The molecule has 0 saturated heterocycles. The molecule has 23 heavy (non-hydrogen) atoms. The molecule has 0 aliphatic rings. The second-order valence-corrected chi connectivity index (χ2v) is 5.41. The molecule has 0 bridgehead atoms. The predicted molar refractivity (Wildman–Crippen MR) is 83.7 cm³/mol. The fourth-order valence-corrected chi connectivity index (χ4v) is 2.32. The van der Waals surface area contributed by atoms with Crippen molar-refractivity contribution in [2.24, 2.45) is 0 Å². The molecule has 0 aliphatic carbocycles. The van der Waals surface area contributed by atoms with Crippen LogP contribution < -0.4 is 10.1 Å². The summed E-state index contributed by atoms with van der Waals surface area (Å²) < 4.78 is 32.7. The Morgan fingerprint density at radius 3 is 2.43 bits per heavy atom. The molecule has 0 heterocycles. The Morgan fingerprint density at radius 2 is 1.83 bits per heavy atom. The Balaban J connectivity index is 2.09. The third-order valence-corrected chi connectivity index (χ3v) is 3.72. The Labute approximate surface area is 139 Å². The number of nitrogens with one attached hydrogen (secondary N) is 1. The molecule has 0 aliphatic heterocycles. The molecule has 1 N–H and O–H groups in total. The average Bonchev–Trinajstić information content (AvgIpc) is 2.52. The molecule has 0 radical (unpaired) electrons. The monoisotopic (exact) mass is 383 g/mol. The van der Waals surface area contributed by atoms with Crippen LogP contribution in [-0.2, 0) is 0 Å². The van der Waals surface area contributed by atoms with Gasteiger partial charge in [-0.25, -0.2) is 8.78 Å². The number of ether oxygens (including phenoxy) is 1. The number of rotatable bonds is 5. The number of halogens is 3. The van der Waals surface area contributed by atoms with Crippen LogP contribution >= 0.6 is 15.9 Å². The predicted octanol–water partition coefficient (Wildman–Crippen LogP) is 3.35. The zero-order valence-corrected chi connectivity index (χ0v) is 13.6. The molecule has 0 atom stereocenters. The standard InChI is InChI=1S/C16H12BrF2NO3/c1-23-14-7-9(5-6-10(14)17)16(22)20-8-13(21)15-11(18)3-2-4-12(15)19/h2-7H,8H2,1H3,(H,20,22). The van der Waals surface area contributed by atoms with Gasteiger partial charge in [0.1, 0.15) is 17.4 Å². The number of benzene rings is 2. The fraction of sp³-hybridized carbons (Fsp3) is 0.125. The molecule has 4 nitrogen and oxygen atoms in total. The first kappa shape index (κ1) is 17.1. The topological polar surface area (TPSA) is 55.4 Å². The minimum atomic E-state index is -0.963. The van der Waals surface area contributed by atoms with E-state index in [2.05, 4.69) is 21.2 Å². The highest BCUT2D eigenvalue weighted by molar-refractivity contribution is 9.10. The largest absolute Gasteiger partial charge is 0.496 e. The van der Waals surface area contributed by atoms with Crippen molar-refractivity contribution in [3.05, 3.63) is 63.6 Å². The number of Topliss-reactive ketones (excluding diaryl/α,β-unsaturated/α-hetero) is 1. The highest BCUT2D eigenvalue weighted by Gasteiger charge is 2.18. The van der Waals surface area contributed by atoms with Crippen LogP contribution in [0.2, 0.25) is 0 Å². The Bertz CT molecular complexity index is 745. The minimum Gasteiger partial charge on any atom is -0.496 e. The van der Waals surface area contributed by atoms with Gasteiger partial charge in [-0.05, 0) is 46.3 Å². The van der Waals surface area contributed by atoms with Gasteiger partial charge in [0.15, 0.2) is 5.78 Å². The summed E-state index contributed by atoms with van der Waals surface area (Å²) in [5, 5.41) is 2.33. The molecular formula is C16H12BrF2NO3. The number of hydrogen-bond donors (Lipinski definition) is 1. The van der Waals surface area contributed by atoms with Gasteiger partial charge in [-0.15, -0.1) is 0 Å². The average molecular weight is 384 g/mol. The van der Waals surface area contributed by atoms with E-state index in [-0.39, 0.29) is 5.56 Å². The van der Waals surface area contributed by atoms with E-state index < -0.39 is 35.4 Å². The molecule has 0 spiro atoms.